The van der Waals surface area contributed by atoms with E-state index in [1.807, 2.05) is 0 Å². The molecule has 0 aromatic rings. The smallest absolute Gasteiger partial charge is 0.151 e. The fraction of sp³-hybridized carbons (Fsp3) is 1.00. The number of quaternary nitrogens is 1. The van der Waals surface area contributed by atoms with Gasteiger partial charge in [0.1, 0.15) is 6.54 Å². The predicted octanol–water partition coefficient (Wildman–Crippen LogP) is 0.609. The van der Waals surface area contributed by atoms with E-state index < -0.39 is 0 Å². The lowest BCUT2D eigenvalue weighted by Crippen LogP contribution is -2.42. The molecule has 2 unspecified atom stereocenters. The third kappa shape index (κ3) is 0.235. The highest BCUT2D eigenvalue weighted by atomic mass is 15.6. The molecular weight excluding hydrogens is 86.1 g/mol. The summed E-state index contributed by atoms with van der Waals surface area (Å²) in [7, 11) is 2.35. The van der Waals surface area contributed by atoms with Gasteiger partial charge in [0.15, 0.2) is 5.54 Å². The van der Waals surface area contributed by atoms with Gasteiger partial charge in [-0.25, -0.2) is 0 Å². The molecule has 2 heterocycles. The average Bonchev–Trinajstić information content (AvgIpc) is 1.89. The number of rotatable bonds is 0. The Morgan fingerprint density at radius 3 is 2.14 bits per heavy atom. The monoisotopic (exact) mass is 98.1 g/mol. The Labute approximate surface area is 44.5 Å². The fourth-order valence-corrected chi connectivity index (χ4v) is 1.75. The molecule has 0 bridgehead atoms. The second-order valence-corrected chi connectivity index (χ2v) is 3.52. The molecular formula is C6H12N+. The lowest BCUT2D eigenvalue weighted by molar-refractivity contribution is -0.845. The van der Waals surface area contributed by atoms with Crippen LogP contribution in [0.15, 0.2) is 0 Å². The van der Waals surface area contributed by atoms with Crippen molar-refractivity contribution < 1.29 is 4.48 Å². The summed E-state index contributed by atoms with van der Waals surface area (Å²) in [5.41, 5.74) is 0.764. The first-order chi connectivity index (χ1) is 3.16. The minimum absolute atomic E-state index is 0.764. The standard InChI is InChI=1S/C6H12N/c1-6-3-4-7(6,2)5-6/h3-5H2,1-2H3/q+1. The van der Waals surface area contributed by atoms with E-state index in [0.717, 1.165) is 5.54 Å². The van der Waals surface area contributed by atoms with Crippen molar-refractivity contribution in [3.63, 3.8) is 0 Å². The minimum atomic E-state index is 0.764. The minimum Gasteiger partial charge on any atom is -0.311 e. The first-order valence-corrected chi connectivity index (χ1v) is 3.01. The summed E-state index contributed by atoms with van der Waals surface area (Å²) in [5.74, 6) is 0. The van der Waals surface area contributed by atoms with Crippen LogP contribution in [-0.4, -0.2) is 30.2 Å². The number of likely N-dealkylation sites (N-methyl/N-ethyl adjacent to an activating group) is 1. The van der Waals surface area contributed by atoms with Crippen molar-refractivity contribution in [2.45, 2.75) is 18.9 Å². The molecule has 0 spiro atoms. The van der Waals surface area contributed by atoms with E-state index in [-0.39, 0.29) is 0 Å². The molecule has 0 saturated carbocycles. The maximum absolute atomic E-state index is 2.39. The van der Waals surface area contributed by atoms with Crippen molar-refractivity contribution in [2.24, 2.45) is 0 Å². The predicted molar refractivity (Wildman–Crippen MR) is 28.9 cm³/mol. The van der Waals surface area contributed by atoms with Crippen LogP contribution in [-0.2, 0) is 0 Å². The third-order valence-electron chi connectivity index (χ3n) is 3.03. The lowest BCUT2D eigenvalue weighted by atomic mass is 10.0. The Morgan fingerprint density at radius 1 is 1.57 bits per heavy atom. The molecule has 2 rings (SSSR count). The number of nitrogens with zero attached hydrogens (tertiary/aromatic N) is 1. The van der Waals surface area contributed by atoms with Gasteiger partial charge in [-0.1, -0.05) is 0 Å². The third-order valence-corrected chi connectivity index (χ3v) is 3.03. The Bertz CT molecular complexity index is 107. The van der Waals surface area contributed by atoms with E-state index in [4.69, 9.17) is 0 Å². The zero-order chi connectivity index (χ0) is 5.12. The SMILES string of the molecule is CC12CC[N+]1(C)C2. The molecule has 0 aliphatic carbocycles. The highest BCUT2D eigenvalue weighted by Crippen LogP contribution is 2.52. The topological polar surface area (TPSA) is 0 Å². The summed E-state index contributed by atoms with van der Waals surface area (Å²) in [4.78, 5) is 0. The summed E-state index contributed by atoms with van der Waals surface area (Å²) in [6.45, 7) is 5.28. The van der Waals surface area contributed by atoms with Gasteiger partial charge in [0.25, 0.3) is 0 Å². The number of hydrogen-bond acceptors (Lipinski definition) is 0. The van der Waals surface area contributed by atoms with E-state index in [1.54, 1.807) is 0 Å². The van der Waals surface area contributed by atoms with Crippen molar-refractivity contribution in [1.82, 2.24) is 0 Å². The summed E-state index contributed by atoms with van der Waals surface area (Å²) in [6.07, 6.45) is 1.48. The molecule has 40 valence electrons. The first-order valence-electron chi connectivity index (χ1n) is 3.01. The van der Waals surface area contributed by atoms with Gasteiger partial charge in [-0.2, -0.15) is 0 Å². The van der Waals surface area contributed by atoms with Crippen molar-refractivity contribution in [2.75, 3.05) is 20.1 Å². The number of hydrogen-bond donors (Lipinski definition) is 0. The molecule has 0 N–H and O–H groups in total. The van der Waals surface area contributed by atoms with E-state index in [2.05, 4.69) is 14.0 Å². The van der Waals surface area contributed by atoms with Gasteiger partial charge in [-0.3, -0.25) is 0 Å². The van der Waals surface area contributed by atoms with Crippen LogP contribution < -0.4 is 0 Å². The molecule has 0 amide bonds. The van der Waals surface area contributed by atoms with E-state index in [0.29, 0.717) is 0 Å². The van der Waals surface area contributed by atoms with Gasteiger partial charge in [-0.15, -0.1) is 0 Å². The second-order valence-electron chi connectivity index (χ2n) is 3.52. The van der Waals surface area contributed by atoms with Crippen LogP contribution in [0.25, 0.3) is 0 Å². The van der Waals surface area contributed by atoms with Crippen LogP contribution in [0, 0.1) is 0 Å². The van der Waals surface area contributed by atoms with Crippen LogP contribution in [0.5, 0.6) is 0 Å². The molecule has 7 heavy (non-hydrogen) atoms. The van der Waals surface area contributed by atoms with Crippen molar-refractivity contribution >= 4 is 0 Å². The molecule has 2 aliphatic rings. The van der Waals surface area contributed by atoms with Crippen LogP contribution in [0.1, 0.15) is 13.3 Å². The summed E-state index contributed by atoms with van der Waals surface area (Å²) >= 11 is 0. The van der Waals surface area contributed by atoms with Gasteiger partial charge >= 0.3 is 0 Å². The molecule has 0 radical (unpaired) electrons. The highest BCUT2D eigenvalue weighted by Gasteiger charge is 2.70. The van der Waals surface area contributed by atoms with Crippen LogP contribution >= 0.6 is 0 Å². The molecule has 0 aromatic heterocycles. The Hall–Kier alpha value is -0.0400. The van der Waals surface area contributed by atoms with Gasteiger partial charge in [0.05, 0.1) is 20.0 Å². The fourth-order valence-electron chi connectivity index (χ4n) is 1.75. The average molecular weight is 98.2 g/mol. The molecule has 1 heteroatoms. The lowest BCUT2D eigenvalue weighted by Gasteiger charge is -2.28. The van der Waals surface area contributed by atoms with E-state index in [9.17, 15) is 0 Å². The highest BCUT2D eigenvalue weighted by molar-refractivity contribution is 4.96. The molecule has 1 nitrogen and oxygen atoms in total. The van der Waals surface area contributed by atoms with Gasteiger partial charge in [-0.05, 0) is 6.92 Å². The molecule has 2 atom stereocenters. The Kier molecular flexibility index (Phi) is 0.365. The normalized spacial score (nSPS) is 66.0. The first kappa shape index (κ1) is 3.90. The maximum atomic E-state index is 2.39. The van der Waals surface area contributed by atoms with Crippen LogP contribution in [0.4, 0.5) is 0 Å². The number of fused-ring (bicyclic) bond motifs is 1. The molecule has 0 aromatic carbocycles. The summed E-state index contributed by atoms with van der Waals surface area (Å²) < 4.78 is 1.38. The maximum Gasteiger partial charge on any atom is 0.151 e. The van der Waals surface area contributed by atoms with Gasteiger partial charge in [0.2, 0.25) is 0 Å². The Balaban J connectivity index is 2.26. The molecule has 2 saturated heterocycles. The Morgan fingerprint density at radius 2 is 2.14 bits per heavy atom. The second kappa shape index (κ2) is 0.655. The van der Waals surface area contributed by atoms with Crippen molar-refractivity contribution in [3.05, 3.63) is 0 Å². The largest absolute Gasteiger partial charge is 0.311 e. The van der Waals surface area contributed by atoms with Crippen molar-refractivity contribution in [3.8, 4) is 0 Å². The molecule has 2 aliphatic heterocycles. The summed E-state index contributed by atoms with van der Waals surface area (Å²) in [5, 5.41) is 0. The van der Waals surface area contributed by atoms with E-state index in [1.165, 1.54) is 24.0 Å². The van der Waals surface area contributed by atoms with Crippen LogP contribution in [0.2, 0.25) is 0 Å². The van der Waals surface area contributed by atoms with E-state index >= 15 is 0 Å². The van der Waals surface area contributed by atoms with Crippen molar-refractivity contribution in [1.29, 1.82) is 0 Å². The quantitative estimate of drug-likeness (QED) is 0.307. The zero-order valence-corrected chi connectivity index (χ0v) is 5.07. The van der Waals surface area contributed by atoms with Crippen LogP contribution in [0.3, 0.4) is 0 Å². The van der Waals surface area contributed by atoms with Gasteiger partial charge < -0.3 is 4.48 Å². The summed E-state index contributed by atoms with van der Waals surface area (Å²) in [6, 6.07) is 0. The zero-order valence-electron chi connectivity index (χ0n) is 5.07. The van der Waals surface area contributed by atoms with Gasteiger partial charge in [0, 0.05) is 0 Å². The molecule has 2 fully saturated rings.